The van der Waals surface area contributed by atoms with E-state index in [9.17, 15) is 0 Å². The molecule has 4 nitrogen and oxygen atoms in total. The van der Waals surface area contributed by atoms with Gasteiger partial charge in [0, 0.05) is 29.3 Å². The number of halogens is 1. The molecule has 0 saturated heterocycles. The SMILES string of the molecule is COc1ccc(-c2cc(CCl)cc3c2OCO3)cn1. The minimum absolute atomic E-state index is 0.234. The van der Waals surface area contributed by atoms with Gasteiger partial charge >= 0.3 is 0 Å². The molecule has 3 rings (SSSR count). The van der Waals surface area contributed by atoms with E-state index in [1.165, 1.54) is 0 Å². The first-order valence-electron chi connectivity index (χ1n) is 5.80. The highest BCUT2D eigenvalue weighted by molar-refractivity contribution is 6.17. The molecule has 19 heavy (non-hydrogen) atoms. The molecule has 0 fully saturated rings. The van der Waals surface area contributed by atoms with E-state index < -0.39 is 0 Å². The van der Waals surface area contributed by atoms with Crippen molar-refractivity contribution in [1.82, 2.24) is 4.98 Å². The summed E-state index contributed by atoms with van der Waals surface area (Å²) in [6, 6.07) is 7.63. The summed E-state index contributed by atoms with van der Waals surface area (Å²) in [6.45, 7) is 0.234. The number of methoxy groups -OCH3 is 1. The molecule has 0 unspecified atom stereocenters. The van der Waals surface area contributed by atoms with E-state index >= 15 is 0 Å². The highest BCUT2D eigenvalue weighted by Crippen LogP contribution is 2.42. The second kappa shape index (κ2) is 4.97. The fourth-order valence-electron chi connectivity index (χ4n) is 2.02. The second-order valence-corrected chi connectivity index (χ2v) is 4.37. The van der Waals surface area contributed by atoms with Crippen molar-refractivity contribution in [1.29, 1.82) is 0 Å². The maximum absolute atomic E-state index is 5.90. The van der Waals surface area contributed by atoms with Crippen LogP contribution in [0.2, 0.25) is 0 Å². The van der Waals surface area contributed by atoms with Crippen molar-refractivity contribution in [2.45, 2.75) is 5.88 Å². The summed E-state index contributed by atoms with van der Waals surface area (Å²) in [6.07, 6.45) is 1.74. The lowest BCUT2D eigenvalue weighted by atomic mass is 10.0. The fourth-order valence-corrected chi connectivity index (χ4v) is 2.17. The average molecular weight is 278 g/mol. The van der Waals surface area contributed by atoms with Crippen molar-refractivity contribution in [3.63, 3.8) is 0 Å². The maximum Gasteiger partial charge on any atom is 0.231 e. The molecule has 0 radical (unpaired) electrons. The molecule has 0 amide bonds. The van der Waals surface area contributed by atoms with Gasteiger partial charge < -0.3 is 14.2 Å². The molecular weight excluding hydrogens is 266 g/mol. The first-order chi connectivity index (χ1) is 9.31. The van der Waals surface area contributed by atoms with Crippen LogP contribution in [0.1, 0.15) is 5.56 Å². The molecule has 1 aliphatic rings. The quantitative estimate of drug-likeness (QED) is 0.808. The van der Waals surface area contributed by atoms with Crippen LogP contribution in [0.3, 0.4) is 0 Å². The van der Waals surface area contributed by atoms with Crippen molar-refractivity contribution in [2.24, 2.45) is 0 Å². The Balaban J connectivity index is 2.10. The number of pyridine rings is 1. The molecule has 0 N–H and O–H groups in total. The van der Waals surface area contributed by atoms with Gasteiger partial charge in [0.1, 0.15) is 0 Å². The molecular formula is C14H12ClNO3. The van der Waals surface area contributed by atoms with E-state index in [1.54, 1.807) is 13.3 Å². The van der Waals surface area contributed by atoms with Gasteiger partial charge in [-0.3, -0.25) is 0 Å². The van der Waals surface area contributed by atoms with Crippen molar-refractivity contribution < 1.29 is 14.2 Å². The Morgan fingerprint density at radius 3 is 2.89 bits per heavy atom. The molecule has 0 atom stereocenters. The Kier molecular flexibility index (Phi) is 3.17. The van der Waals surface area contributed by atoms with E-state index in [4.69, 9.17) is 25.8 Å². The molecule has 1 aromatic heterocycles. The van der Waals surface area contributed by atoms with Gasteiger partial charge in [-0.25, -0.2) is 4.98 Å². The Morgan fingerprint density at radius 1 is 1.32 bits per heavy atom. The van der Waals surface area contributed by atoms with Crippen LogP contribution in [0.25, 0.3) is 11.1 Å². The molecule has 0 spiro atoms. The topological polar surface area (TPSA) is 40.6 Å². The van der Waals surface area contributed by atoms with Crippen LogP contribution in [0.5, 0.6) is 17.4 Å². The van der Waals surface area contributed by atoms with Crippen LogP contribution in [0.4, 0.5) is 0 Å². The zero-order chi connectivity index (χ0) is 13.2. The van der Waals surface area contributed by atoms with Crippen LogP contribution in [-0.2, 0) is 5.88 Å². The summed E-state index contributed by atoms with van der Waals surface area (Å²) in [5, 5.41) is 0. The number of hydrogen-bond acceptors (Lipinski definition) is 4. The normalized spacial score (nSPS) is 12.5. The van der Waals surface area contributed by atoms with Crippen LogP contribution >= 0.6 is 11.6 Å². The molecule has 2 aromatic rings. The first-order valence-corrected chi connectivity index (χ1v) is 6.34. The van der Waals surface area contributed by atoms with Gasteiger partial charge in [0.2, 0.25) is 12.7 Å². The molecule has 1 aliphatic heterocycles. The highest BCUT2D eigenvalue weighted by Gasteiger charge is 2.20. The fraction of sp³-hybridized carbons (Fsp3) is 0.214. The summed E-state index contributed by atoms with van der Waals surface area (Å²) in [4.78, 5) is 4.20. The summed E-state index contributed by atoms with van der Waals surface area (Å²) in [7, 11) is 1.59. The van der Waals surface area contributed by atoms with Crippen LogP contribution in [0.15, 0.2) is 30.5 Å². The average Bonchev–Trinajstić information content (AvgIpc) is 2.94. The van der Waals surface area contributed by atoms with Gasteiger partial charge in [0.15, 0.2) is 11.5 Å². The molecule has 0 aliphatic carbocycles. The third-order valence-electron chi connectivity index (χ3n) is 2.94. The van der Waals surface area contributed by atoms with Crippen LogP contribution < -0.4 is 14.2 Å². The smallest absolute Gasteiger partial charge is 0.231 e. The lowest BCUT2D eigenvalue weighted by Crippen LogP contribution is -1.93. The first kappa shape index (κ1) is 12.1. The van der Waals surface area contributed by atoms with E-state index in [-0.39, 0.29) is 6.79 Å². The molecule has 2 heterocycles. The number of fused-ring (bicyclic) bond motifs is 1. The van der Waals surface area contributed by atoms with Gasteiger partial charge in [-0.05, 0) is 23.8 Å². The molecule has 5 heteroatoms. The Bertz CT molecular complexity index is 598. The zero-order valence-electron chi connectivity index (χ0n) is 10.4. The zero-order valence-corrected chi connectivity index (χ0v) is 11.1. The molecule has 0 bridgehead atoms. The van der Waals surface area contributed by atoms with Gasteiger partial charge in [-0.2, -0.15) is 0 Å². The van der Waals surface area contributed by atoms with Gasteiger partial charge in [-0.15, -0.1) is 11.6 Å². The highest BCUT2D eigenvalue weighted by atomic mass is 35.5. The van der Waals surface area contributed by atoms with Crippen molar-refractivity contribution in [3.8, 4) is 28.5 Å². The summed E-state index contributed by atoms with van der Waals surface area (Å²) < 4.78 is 16.0. The summed E-state index contributed by atoms with van der Waals surface area (Å²) in [5.41, 5.74) is 2.85. The molecule has 1 aromatic carbocycles. The number of rotatable bonds is 3. The van der Waals surface area contributed by atoms with E-state index in [2.05, 4.69) is 4.98 Å². The third kappa shape index (κ3) is 2.19. The number of nitrogens with zero attached hydrogens (tertiary/aromatic N) is 1. The van der Waals surface area contributed by atoms with Crippen LogP contribution in [-0.4, -0.2) is 18.9 Å². The standard InChI is InChI=1S/C14H12ClNO3/c1-17-13-3-2-10(7-16-13)11-4-9(6-15)5-12-14(11)19-8-18-12/h2-5,7H,6,8H2,1H3. The largest absolute Gasteiger partial charge is 0.481 e. The number of aromatic nitrogens is 1. The predicted molar refractivity (Wildman–Crippen MR) is 71.9 cm³/mol. The third-order valence-corrected chi connectivity index (χ3v) is 3.25. The Morgan fingerprint density at radius 2 is 2.21 bits per heavy atom. The van der Waals surface area contributed by atoms with Gasteiger partial charge in [0.25, 0.3) is 0 Å². The minimum atomic E-state index is 0.234. The maximum atomic E-state index is 5.90. The van der Waals surface area contributed by atoms with Crippen molar-refractivity contribution >= 4 is 11.6 Å². The molecule has 98 valence electrons. The Hall–Kier alpha value is -1.94. The molecule has 0 saturated carbocycles. The van der Waals surface area contributed by atoms with Crippen molar-refractivity contribution in [2.75, 3.05) is 13.9 Å². The monoisotopic (exact) mass is 277 g/mol. The van der Waals surface area contributed by atoms with Crippen molar-refractivity contribution in [3.05, 3.63) is 36.0 Å². The Labute approximate surface area is 115 Å². The number of ether oxygens (including phenoxy) is 3. The number of alkyl halides is 1. The number of benzene rings is 1. The van der Waals surface area contributed by atoms with E-state index in [0.717, 1.165) is 28.2 Å². The second-order valence-electron chi connectivity index (χ2n) is 4.10. The number of hydrogen-bond donors (Lipinski definition) is 0. The van der Waals surface area contributed by atoms with Crippen LogP contribution in [0, 0.1) is 0 Å². The van der Waals surface area contributed by atoms with Gasteiger partial charge in [0.05, 0.1) is 7.11 Å². The lowest BCUT2D eigenvalue weighted by molar-refractivity contribution is 0.174. The van der Waals surface area contributed by atoms with E-state index in [1.807, 2.05) is 24.3 Å². The summed E-state index contributed by atoms with van der Waals surface area (Å²) in [5.74, 6) is 2.46. The predicted octanol–water partition coefficient (Wildman–Crippen LogP) is 3.22. The summed E-state index contributed by atoms with van der Waals surface area (Å²) >= 11 is 5.90. The van der Waals surface area contributed by atoms with Gasteiger partial charge in [-0.1, -0.05) is 0 Å². The minimum Gasteiger partial charge on any atom is -0.481 e. The lowest BCUT2D eigenvalue weighted by Gasteiger charge is -2.08. The van der Waals surface area contributed by atoms with E-state index in [0.29, 0.717) is 11.8 Å².